The first-order chi connectivity index (χ1) is 10.1. The summed E-state index contributed by atoms with van der Waals surface area (Å²) in [6.07, 6.45) is 0.818. The van der Waals surface area contributed by atoms with Gasteiger partial charge in [0.25, 0.3) is 11.5 Å². The fourth-order valence-electron chi connectivity index (χ4n) is 1.74. The first-order valence-corrected chi connectivity index (χ1v) is 6.30. The average Bonchev–Trinajstić information content (AvgIpc) is 2.34. The van der Waals surface area contributed by atoms with E-state index in [1.54, 1.807) is 0 Å². The Labute approximate surface area is 128 Å². The molecule has 1 fully saturated rings. The molecule has 2 rings (SSSR count). The SMILES string of the molecule is CC1(C)OC(=O)C(=Cc2cc([N+](=O)[O-])c(Cl)cc2F)C(=O)O1. The molecule has 0 N–H and O–H groups in total. The Kier molecular flexibility index (Phi) is 3.89. The van der Waals surface area contributed by atoms with E-state index in [2.05, 4.69) is 0 Å². The number of hydrogen-bond acceptors (Lipinski definition) is 6. The molecule has 0 aliphatic carbocycles. The molecule has 116 valence electrons. The first kappa shape index (κ1) is 15.9. The summed E-state index contributed by atoms with van der Waals surface area (Å²) in [5, 5.41) is 10.4. The second-order valence-corrected chi connectivity index (χ2v) is 5.23. The second kappa shape index (κ2) is 5.38. The molecule has 7 nitrogen and oxygen atoms in total. The van der Waals surface area contributed by atoms with E-state index in [4.69, 9.17) is 21.1 Å². The van der Waals surface area contributed by atoms with Crippen molar-refractivity contribution in [2.75, 3.05) is 0 Å². The summed E-state index contributed by atoms with van der Waals surface area (Å²) in [4.78, 5) is 33.5. The van der Waals surface area contributed by atoms with Crippen molar-refractivity contribution in [1.29, 1.82) is 0 Å². The van der Waals surface area contributed by atoms with Crippen molar-refractivity contribution in [3.05, 3.63) is 44.2 Å². The smallest absolute Gasteiger partial charge is 0.348 e. The maximum Gasteiger partial charge on any atom is 0.348 e. The number of rotatable bonds is 2. The highest BCUT2D eigenvalue weighted by Crippen LogP contribution is 2.30. The molecule has 0 aromatic heterocycles. The Morgan fingerprint density at radius 3 is 2.32 bits per heavy atom. The fraction of sp³-hybridized carbons (Fsp3) is 0.231. The van der Waals surface area contributed by atoms with E-state index >= 15 is 0 Å². The van der Waals surface area contributed by atoms with Crippen LogP contribution in [0.1, 0.15) is 19.4 Å². The lowest BCUT2D eigenvalue weighted by Gasteiger charge is -2.29. The first-order valence-electron chi connectivity index (χ1n) is 5.92. The van der Waals surface area contributed by atoms with E-state index in [1.807, 2.05) is 0 Å². The quantitative estimate of drug-likeness (QED) is 0.272. The van der Waals surface area contributed by atoms with Gasteiger partial charge in [0.1, 0.15) is 16.4 Å². The monoisotopic (exact) mass is 329 g/mol. The predicted octanol–water partition coefficient (Wildman–Crippen LogP) is 2.61. The third kappa shape index (κ3) is 3.06. The molecule has 0 unspecified atom stereocenters. The summed E-state index contributed by atoms with van der Waals surface area (Å²) < 4.78 is 23.5. The number of ether oxygens (including phenoxy) is 2. The Hall–Kier alpha value is -2.48. The van der Waals surface area contributed by atoms with Crippen LogP contribution in [-0.2, 0) is 19.1 Å². The minimum Gasteiger partial charge on any atom is -0.419 e. The number of benzene rings is 1. The van der Waals surface area contributed by atoms with Crippen LogP contribution in [0.4, 0.5) is 10.1 Å². The fourth-order valence-corrected chi connectivity index (χ4v) is 1.96. The molecule has 0 atom stereocenters. The van der Waals surface area contributed by atoms with Crippen LogP contribution in [0.25, 0.3) is 6.08 Å². The summed E-state index contributed by atoms with van der Waals surface area (Å²) in [5.41, 5.74) is -1.50. The Balaban J connectivity index is 2.49. The summed E-state index contributed by atoms with van der Waals surface area (Å²) >= 11 is 5.55. The molecule has 1 aromatic rings. The maximum atomic E-state index is 13.8. The van der Waals surface area contributed by atoms with Gasteiger partial charge in [0.2, 0.25) is 0 Å². The zero-order chi connectivity index (χ0) is 16.7. The molecule has 0 radical (unpaired) electrons. The summed E-state index contributed by atoms with van der Waals surface area (Å²) in [6.45, 7) is 2.71. The maximum absolute atomic E-state index is 13.8. The van der Waals surface area contributed by atoms with Gasteiger partial charge in [-0.2, -0.15) is 0 Å². The number of cyclic esters (lactones) is 2. The average molecular weight is 330 g/mol. The third-order valence-electron chi connectivity index (χ3n) is 2.68. The van der Waals surface area contributed by atoms with E-state index in [9.17, 15) is 24.1 Å². The number of carbonyl (C=O) groups is 2. The summed E-state index contributed by atoms with van der Waals surface area (Å²) in [7, 11) is 0. The highest BCUT2D eigenvalue weighted by molar-refractivity contribution is 6.32. The molecule has 1 heterocycles. The van der Waals surface area contributed by atoms with Gasteiger partial charge in [-0.1, -0.05) is 11.6 Å². The van der Waals surface area contributed by atoms with Gasteiger partial charge in [-0.05, 0) is 6.08 Å². The van der Waals surface area contributed by atoms with Crippen LogP contribution in [0.3, 0.4) is 0 Å². The zero-order valence-corrected chi connectivity index (χ0v) is 12.1. The lowest BCUT2D eigenvalue weighted by molar-refractivity contribution is -0.384. The largest absolute Gasteiger partial charge is 0.419 e. The molecule has 22 heavy (non-hydrogen) atoms. The Bertz CT molecular complexity index is 705. The number of halogens is 2. The normalized spacial score (nSPS) is 16.8. The number of nitro benzene ring substituents is 1. The van der Waals surface area contributed by atoms with E-state index in [1.165, 1.54) is 13.8 Å². The molecule has 1 aliphatic rings. The third-order valence-corrected chi connectivity index (χ3v) is 2.98. The van der Waals surface area contributed by atoms with E-state index in [0.29, 0.717) is 0 Å². The number of nitro groups is 1. The predicted molar refractivity (Wildman–Crippen MR) is 72.3 cm³/mol. The molecule has 0 amide bonds. The molecular formula is C13H9ClFNO6. The van der Waals surface area contributed by atoms with Crippen LogP contribution in [0.2, 0.25) is 5.02 Å². The second-order valence-electron chi connectivity index (χ2n) is 4.82. The van der Waals surface area contributed by atoms with Gasteiger partial charge in [-0.3, -0.25) is 10.1 Å². The van der Waals surface area contributed by atoms with Crippen molar-refractivity contribution < 1.29 is 28.4 Å². The molecule has 1 aromatic carbocycles. The topological polar surface area (TPSA) is 95.7 Å². The Morgan fingerprint density at radius 2 is 1.82 bits per heavy atom. The van der Waals surface area contributed by atoms with Crippen molar-refractivity contribution >= 4 is 35.3 Å². The van der Waals surface area contributed by atoms with Crippen LogP contribution >= 0.6 is 11.6 Å². The van der Waals surface area contributed by atoms with Crippen molar-refractivity contribution in [1.82, 2.24) is 0 Å². The molecule has 0 saturated carbocycles. The molecule has 1 aliphatic heterocycles. The Morgan fingerprint density at radius 1 is 1.27 bits per heavy atom. The van der Waals surface area contributed by atoms with Gasteiger partial charge in [-0.15, -0.1) is 0 Å². The van der Waals surface area contributed by atoms with Crippen molar-refractivity contribution in [2.45, 2.75) is 19.6 Å². The number of esters is 2. The molecule has 9 heteroatoms. The van der Waals surface area contributed by atoms with Gasteiger partial charge in [-0.25, -0.2) is 14.0 Å². The van der Waals surface area contributed by atoms with E-state index in [0.717, 1.165) is 18.2 Å². The van der Waals surface area contributed by atoms with Crippen molar-refractivity contribution in [2.24, 2.45) is 0 Å². The van der Waals surface area contributed by atoms with Crippen LogP contribution in [0.5, 0.6) is 0 Å². The minimum atomic E-state index is -1.43. The number of nitrogens with zero attached hydrogens (tertiary/aromatic N) is 1. The van der Waals surface area contributed by atoms with Gasteiger partial charge < -0.3 is 9.47 Å². The highest BCUT2D eigenvalue weighted by atomic mass is 35.5. The van der Waals surface area contributed by atoms with Gasteiger partial charge in [0.05, 0.1) is 4.92 Å². The van der Waals surface area contributed by atoms with E-state index < -0.39 is 44.7 Å². The minimum absolute atomic E-state index is 0.361. The summed E-state index contributed by atoms with van der Waals surface area (Å²) in [6, 6.07) is 1.53. The van der Waals surface area contributed by atoms with Gasteiger partial charge >= 0.3 is 11.9 Å². The molecule has 0 bridgehead atoms. The lowest BCUT2D eigenvalue weighted by atomic mass is 10.1. The van der Waals surface area contributed by atoms with Crippen LogP contribution in [-0.4, -0.2) is 22.6 Å². The van der Waals surface area contributed by atoms with Crippen LogP contribution < -0.4 is 0 Å². The van der Waals surface area contributed by atoms with Crippen LogP contribution in [0.15, 0.2) is 17.7 Å². The summed E-state index contributed by atoms with van der Waals surface area (Å²) in [5.74, 6) is -4.40. The zero-order valence-electron chi connectivity index (χ0n) is 11.4. The van der Waals surface area contributed by atoms with Crippen molar-refractivity contribution in [3.63, 3.8) is 0 Å². The van der Waals surface area contributed by atoms with Gasteiger partial charge in [0.15, 0.2) is 0 Å². The van der Waals surface area contributed by atoms with Crippen molar-refractivity contribution in [3.8, 4) is 0 Å². The molecule has 1 saturated heterocycles. The lowest BCUT2D eigenvalue weighted by Crippen LogP contribution is -2.41. The number of hydrogen-bond donors (Lipinski definition) is 0. The molecular weight excluding hydrogens is 321 g/mol. The standard InChI is InChI=1S/C13H9ClFNO6/c1-13(2)21-11(17)7(12(18)22-13)3-6-4-10(16(19)20)8(14)5-9(6)15/h3-5H,1-2H3. The van der Waals surface area contributed by atoms with Gasteiger partial charge in [0, 0.05) is 31.5 Å². The molecule has 0 spiro atoms. The van der Waals surface area contributed by atoms with E-state index in [-0.39, 0.29) is 5.56 Å². The van der Waals surface area contributed by atoms with Crippen LogP contribution in [0, 0.1) is 15.9 Å². The highest BCUT2D eigenvalue weighted by Gasteiger charge is 2.39. The number of carbonyl (C=O) groups excluding carboxylic acids is 2.